The molecule has 0 spiro atoms. The van der Waals surface area contributed by atoms with Crippen LogP contribution < -0.4 is 10.2 Å². The maximum absolute atomic E-state index is 14.1. The van der Waals surface area contributed by atoms with E-state index in [1.165, 1.54) is 27.9 Å². The zero-order valence-electron chi connectivity index (χ0n) is 17.1. The summed E-state index contributed by atoms with van der Waals surface area (Å²) in [5.74, 6) is -0.475. The van der Waals surface area contributed by atoms with Crippen molar-refractivity contribution in [1.82, 2.24) is 24.9 Å². The third-order valence-electron chi connectivity index (χ3n) is 5.72. The van der Waals surface area contributed by atoms with Gasteiger partial charge in [0.05, 0.1) is 12.4 Å². The second-order valence-electron chi connectivity index (χ2n) is 8.46. The Bertz CT molecular complexity index is 1210. The monoisotopic (exact) mass is 424 g/mol. The normalized spacial score (nSPS) is 20.7. The van der Waals surface area contributed by atoms with E-state index < -0.39 is 23.5 Å². The smallest absolute Gasteiger partial charge is 0.416 e. The first-order valence-corrected chi connectivity index (χ1v) is 10.1. The number of anilines is 1. The molecule has 2 bridgehead atoms. The molecule has 3 aromatic rings. The van der Waals surface area contributed by atoms with Crippen molar-refractivity contribution in [2.24, 2.45) is 0 Å². The molecule has 10 heteroatoms. The molecule has 1 atom stereocenters. The number of fused-ring (bicyclic) bond motifs is 5. The van der Waals surface area contributed by atoms with Crippen molar-refractivity contribution in [2.45, 2.75) is 44.7 Å². The molecule has 160 valence electrons. The third-order valence-corrected chi connectivity index (χ3v) is 5.72. The van der Waals surface area contributed by atoms with Crippen LogP contribution in [0.25, 0.3) is 5.65 Å². The number of nitrogens with one attached hydrogen (secondary N) is 1. The van der Waals surface area contributed by atoms with Crippen LogP contribution in [0.15, 0.2) is 30.7 Å². The van der Waals surface area contributed by atoms with E-state index in [-0.39, 0.29) is 12.5 Å². The first-order chi connectivity index (χ1) is 14.8. The van der Waals surface area contributed by atoms with E-state index in [4.69, 9.17) is 4.74 Å². The van der Waals surface area contributed by atoms with Crippen LogP contribution >= 0.6 is 0 Å². The van der Waals surface area contributed by atoms with E-state index in [0.29, 0.717) is 47.5 Å². The highest BCUT2D eigenvalue weighted by atomic mass is 19.1. The minimum absolute atomic E-state index is 0.0575. The highest BCUT2D eigenvalue weighted by Gasteiger charge is 2.38. The van der Waals surface area contributed by atoms with Gasteiger partial charge in [-0.15, -0.1) is 0 Å². The fraction of sp³-hybridized carbons (Fsp3) is 0.381. The molecule has 31 heavy (non-hydrogen) atoms. The van der Waals surface area contributed by atoms with Gasteiger partial charge >= 0.3 is 6.09 Å². The summed E-state index contributed by atoms with van der Waals surface area (Å²) in [6.07, 6.45) is 5.64. The molecular formula is C21H21FN6O3. The molecule has 1 saturated heterocycles. The van der Waals surface area contributed by atoms with Crippen LogP contribution in [0.3, 0.4) is 0 Å². The highest BCUT2D eigenvalue weighted by molar-refractivity contribution is 6.00. The fourth-order valence-electron chi connectivity index (χ4n) is 4.17. The number of ether oxygens (including phenoxy) is 1. The lowest BCUT2D eigenvalue weighted by Gasteiger charge is -2.27. The maximum Gasteiger partial charge on any atom is 0.416 e. The quantitative estimate of drug-likeness (QED) is 0.596. The summed E-state index contributed by atoms with van der Waals surface area (Å²) >= 11 is 0. The maximum atomic E-state index is 14.1. The molecule has 1 N–H and O–H groups in total. The zero-order chi connectivity index (χ0) is 21.8. The molecule has 3 aromatic heterocycles. The van der Waals surface area contributed by atoms with E-state index in [1.54, 1.807) is 12.3 Å². The Balaban J connectivity index is 1.70. The predicted octanol–water partition coefficient (Wildman–Crippen LogP) is 2.81. The van der Waals surface area contributed by atoms with E-state index >= 15 is 0 Å². The standard InChI is InChI=1S/C21H21FN6O3/c1-21(2)6-3-4-15-13(8-12(22)9-23-15)16-11-31-20(30)28(16)17-5-7-27-18(25-17)14(10-24-27)19(29)26-21/h5,7-10,16H,3-4,6,11H2,1-2H3,(H,26,29)/t16-/m1/s1. The van der Waals surface area contributed by atoms with Crippen molar-refractivity contribution in [3.05, 3.63) is 53.4 Å². The van der Waals surface area contributed by atoms with Gasteiger partial charge in [-0.05, 0) is 45.2 Å². The molecule has 0 aliphatic carbocycles. The average molecular weight is 424 g/mol. The molecular weight excluding hydrogens is 403 g/mol. The van der Waals surface area contributed by atoms with Gasteiger partial charge < -0.3 is 10.1 Å². The molecule has 0 radical (unpaired) electrons. The number of cyclic esters (lactones) is 1. The summed E-state index contributed by atoms with van der Waals surface area (Å²) in [4.78, 5) is 35.8. The number of nitrogens with zero attached hydrogens (tertiary/aromatic N) is 5. The summed E-state index contributed by atoms with van der Waals surface area (Å²) < 4.78 is 20.9. The zero-order valence-corrected chi connectivity index (χ0v) is 17.1. The van der Waals surface area contributed by atoms with E-state index in [0.717, 1.165) is 0 Å². The van der Waals surface area contributed by atoms with Gasteiger partial charge in [-0.2, -0.15) is 5.10 Å². The summed E-state index contributed by atoms with van der Waals surface area (Å²) in [6.45, 7) is 3.96. The fourth-order valence-corrected chi connectivity index (χ4v) is 4.17. The molecule has 0 aromatic carbocycles. The van der Waals surface area contributed by atoms with Crippen LogP contribution in [-0.2, 0) is 11.2 Å². The largest absolute Gasteiger partial charge is 0.447 e. The number of rotatable bonds is 0. The minimum atomic E-state index is -0.587. The lowest BCUT2D eigenvalue weighted by atomic mass is 9.94. The Labute approximate surface area is 177 Å². The number of hydrogen-bond acceptors (Lipinski definition) is 6. The molecule has 0 saturated carbocycles. The van der Waals surface area contributed by atoms with Crippen LogP contribution in [0.1, 0.15) is 54.3 Å². The first-order valence-electron chi connectivity index (χ1n) is 10.1. The topological polar surface area (TPSA) is 102 Å². The molecule has 2 amide bonds. The van der Waals surface area contributed by atoms with Gasteiger partial charge in [-0.25, -0.2) is 18.7 Å². The lowest BCUT2D eigenvalue weighted by Crippen LogP contribution is -2.43. The van der Waals surface area contributed by atoms with Crippen molar-refractivity contribution >= 4 is 23.5 Å². The van der Waals surface area contributed by atoms with Crippen molar-refractivity contribution < 1.29 is 18.7 Å². The van der Waals surface area contributed by atoms with Gasteiger partial charge in [0.2, 0.25) is 0 Å². The molecule has 5 rings (SSSR count). The average Bonchev–Trinajstić information content (AvgIpc) is 3.31. The van der Waals surface area contributed by atoms with Crippen molar-refractivity contribution in [3.63, 3.8) is 0 Å². The Morgan fingerprint density at radius 3 is 2.97 bits per heavy atom. The van der Waals surface area contributed by atoms with E-state index in [1.807, 2.05) is 13.8 Å². The molecule has 1 fully saturated rings. The predicted molar refractivity (Wildman–Crippen MR) is 108 cm³/mol. The summed E-state index contributed by atoms with van der Waals surface area (Å²) in [5.41, 5.74) is 1.44. The summed E-state index contributed by atoms with van der Waals surface area (Å²) in [7, 11) is 0. The van der Waals surface area contributed by atoms with Crippen LogP contribution in [0.2, 0.25) is 0 Å². The van der Waals surface area contributed by atoms with Gasteiger partial charge in [-0.1, -0.05) is 0 Å². The third kappa shape index (κ3) is 3.37. The summed E-state index contributed by atoms with van der Waals surface area (Å²) in [6, 6.07) is 2.45. The van der Waals surface area contributed by atoms with Crippen LogP contribution in [0.4, 0.5) is 15.0 Å². The summed E-state index contributed by atoms with van der Waals surface area (Å²) in [5, 5.41) is 7.24. The van der Waals surface area contributed by atoms with Crippen molar-refractivity contribution in [3.8, 4) is 0 Å². The Hall–Kier alpha value is -3.56. The van der Waals surface area contributed by atoms with Crippen LogP contribution in [0, 0.1) is 5.82 Å². The molecule has 2 aliphatic rings. The van der Waals surface area contributed by atoms with Gasteiger partial charge in [0.25, 0.3) is 5.91 Å². The number of carbonyl (C=O) groups is 2. The number of aromatic nitrogens is 4. The van der Waals surface area contributed by atoms with Crippen LogP contribution in [-0.4, -0.2) is 43.7 Å². The van der Waals surface area contributed by atoms with Crippen LogP contribution in [0.5, 0.6) is 0 Å². The number of halogens is 1. The number of pyridine rings is 1. The van der Waals surface area contributed by atoms with Gasteiger partial charge in [-0.3, -0.25) is 14.7 Å². The molecule has 9 nitrogen and oxygen atoms in total. The van der Waals surface area contributed by atoms with E-state index in [9.17, 15) is 14.0 Å². The Morgan fingerprint density at radius 2 is 2.13 bits per heavy atom. The number of amides is 2. The van der Waals surface area contributed by atoms with Gasteiger partial charge in [0.1, 0.15) is 29.8 Å². The van der Waals surface area contributed by atoms with Gasteiger partial charge in [0.15, 0.2) is 5.65 Å². The molecule has 2 aliphatic heterocycles. The number of aryl methyl sites for hydroxylation is 1. The Kier molecular flexibility index (Phi) is 4.38. The highest BCUT2D eigenvalue weighted by Crippen LogP contribution is 2.34. The van der Waals surface area contributed by atoms with E-state index in [2.05, 4.69) is 20.4 Å². The Morgan fingerprint density at radius 1 is 1.29 bits per heavy atom. The van der Waals surface area contributed by atoms with Crippen molar-refractivity contribution in [1.29, 1.82) is 0 Å². The number of hydrogen-bond donors (Lipinski definition) is 1. The van der Waals surface area contributed by atoms with Crippen molar-refractivity contribution in [2.75, 3.05) is 11.5 Å². The van der Waals surface area contributed by atoms with Gasteiger partial charge in [0, 0.05) is 23.0 Å². The lowest BCUT2D eigenvalue weighted by molar-refractivity contribution is 0.0910. The second-order valence-corrected chi connectivity index (χ2v) is 8.46. The second kappa shape index (κ2) is 7.00. The minimum Gasteiger partial charge on any atom is -0.447 e. The first kappa shape index (κ1) is 19.4. The SMILES string of the molecule is CC1(C)CCCc2ncc(F)cc2[C@H]2COC(=O)N2c2ccn3ncc(c3n2)C(=O)N1. The number of carbonyl (C=O) groups excluding carboxylic acids is 2. The molecule has 5 heterocycles. The molecule has 0 unspecified atom stereocenters.